The van der Waals surface area contributed by atoms with Crippen LogP contribution in [0.25, 0.3) is 0 Å². The minimum Gasteiger partial charge on any atom is -0.371 e. The van der Waals surface area contributed by atoms with Gasteiger partial charge in [0.15, 0.2) is 0 Å². The van der Waals surface area contributed by atoms with Gasteiger partial charge >= 0.3 is 0 Å². The first-order valence-corrected chi connectivity index (χ1v) is 9.09. The molecule has 20 heavy (non-hydrogen) atoms. The van der Waals surface area contributed by atoms with E-state index in [1.165, 1.54) is 18.5 Å². The zero-order valence-corrected chi connectivity index (χ0v) is 13.2. The minimum atomic E-state index is -0.677. The second-order valence-corrected chi connectivity index (χ2v) is 7.16. The van der Waals surface area contributed by atoms with Crippen LogP contribution in [0.4, 0.5) is 5.69 Å². The van der Waals surface area contributed by atoms with Crippen molar-refractivity contribution >= 4 is 16.5 Å². The van der Waals surface area contributed by atoms with Gasteiger partial charge in [0, 0.05) is 66.1 Å². The molecule has 1 aliphatic heterocycles. The first kappa shape index (κ1) is 15.4. The predicted octanol–water partition coefficient (Wildman–Crippen LogP) is 1.80. The van der Waals surface area contributed by atoms with E-state index in [2.05, 4.69) is 34.3 Å². The fraction of sp³-hybridized carbons (Fsp3) is 0.667. The molecule has 0 aliphatic carbocycles. The average molecular weight is 295 g/mol. The normalized spacial score (nSPS) is 19.8. The van der Waals surface area contributed by atoms with E-state index in [0.717, 1.165) is 25.3 Å². The minimum absolute atomic E-state index is 0.455. The van der Waals surface area contributed by atoms with E-state index in [4.69, 9.17) is 0 Å². The summed E-state index contributed by atoms with van der Waals surface area (Å²) in [5.41, 5.74) is 1.27. The number of nitrogens with zero attached hydrogens (tertiary/aromatic N) is 2. The van der Waals surface area contributed by atoms with E-state index >= 15 is 0 Å². The van der Waals surface area contributed by atoms with Crippen molar-refractivity contribution in [1.29, 1.82) is 0 Å². The Balaban J connectivity index is 1.73. The first-order chi connectivity index (χ1) is 9.65. The SMILES string of the molecule is CC(CCS(C)=O)NC1CCN(c2ccncc2)CC1. The number of hydrogen-bond donors (Lipinski definition) is 1. The summed E-state index contributed by atoms with van der Waals surface area (Å²) in [5, 5.41) is 3.67. The molecule has 1 aromatic heterocycles. The van der Waals surface area contributed by atoms with E-state index in [1.807, 2.05) is 12.4 Å². The number of hydrogen-bond acceptors (Lipinski definition) is 4. The van der Waals surface area contributed by atoms with Crippen molar-refractivity contribution < 1.29 is 4.21 Å². The molecule has 1 aliphatic rings. The summed E-state index contributed by atoms with van der Waals surface area (Å²) in [7, 11) is -0.677. The van der Waals surface area contributed by atoms with Crippen molar-refractivity contribution in [2.24, 2.45) is 0 Å². The molecule has 1 aromatic rings. The summed E-state index contributed by atoms with van der Waals surface area (Å²) < 4.78 is 11.1. The van der Waals surface area contributed by atoms with Crippen LogP contribution in [-0.2, 0) is 10.8 Å². The highest BCUT2D eigenvalue weighted by Gasteiger charge is 2.20. The predicted molar refractivity (Wildman–Crippen MR) is 85.6 cm³/mol. The van der Waals surface area contributed by atoms with Gasteiger partial charge in [-0.1, -0.05) is 0 Å². The van der Waals surface area contributed by atoms with Gasteiger partial charge in [-0.15, -0.1) is 0 Å². The van der Waals surface area contributed by atoms with Crippen LogP contribution in [0.5, 0.6) is 0 Å². The largest absolute Gasteiger partial charge is 0.371 e. The third-order valence-corrected chi connectivity index (χ3v) is 4.69. The van der Waals surface area contributed by atoms with Gasteiger partial charge in [-0.25, -0.2) is 0 Å². The van der Waals surface area contributed by atoms with Crippen molar-refractivity contribution in [3.63, 3.8) is 0 Å². The highest BCUT2D eigenvalue weighted by atomic mass is 32.2. The molecule has 0 amide bonds. The maximum atomic E-state index is 11.1. The Morgan fingerprint density at radius 2 is 2.05 bits per heavy atom. The smallest absolute Gasteiger partial charge is 0.0397 e. The van der Waals surface area contributed by atoms with E-state index in [9.17, 15) is 4.21 Å². The van der Waals surface area contributed by atoms with Gasteiger partial charge in [-0.05, 0) is 38.3 Å². The molecular weight excluding hydrogens is 270 g/mol. The second-order valence-electron chi connectivity index (χ2n) is 5.60. The number of piperidine rings is 1. The number of nitrogens with one attached hydrogen (secondary N) is 1. The third-order valence-electron chi connectivity index (χ3n) is 3.88. The lowest BCUT2D eigenvalue weighted by atomic mass is 10.0. The molecule has 2 atom stereocenters. The molecule has 4 nitrogen and oxygen atoms in total. The Kier molecular flexibility index (Phi) is 5.98. The molecule has 2 unspecified atom stereocenters. The molecule has 0 spiro atoms. The molecule has 1 fully saturated rings. The molecule has 0 radical (unpaired) electrons. The maximum absolute atomic E-state index is 11.1. The highest BCUT2D eigenvalue weighted by Crippen LogP contribution is 2.19. The maximum Gasteiger partial charge on any atom is 0.0397 e. The summed E-state index contributed by atoms with van der Waals surface area (Å²) in [6, 6.07) is 5.20. The Hall–Kier alpha value is -0.940. The fourth-order valence-corrected chi connectivity index (χ4v) is 3.37. The molecular formula is C15H25N3OS. The van der Waals surface area contributed by atoms with Gasteiger partial charge in [-0.2, -0.15) is 0 Å². The van der Waals surface area contributed by atoms with Crippen LogP contribution >= 0.6 is 0 Å². The Morgan fingerprint density at radius 1 is 1.40 bits per heavy atom. The molecule has 2 heterocycles. The zero-order chi connectivity index (χ0) is 14.4. The molecule has 2 rings (SSSR count). The Morgan fingerprint density at radius 3 is 2.65 bits per heavy atom. The summed E-state index contributed by atoms with van der Waals surface area (Å²) in [6.45, 7) is 4.38. The van der Waals surface area contributed by atoms with E-state index < -0.39 is 10.8 Å². The van der Waals surface area contributed by atoms with E-state index in [1.54, 1.807) is 6.26 Å². The van der Waals surface area contributed by atoms with Crippen molar-refractivity contribution in [3.8, 4) is 0 Å². The number of aromatic nitrogens is 1. The lowest BCUT2D eigenvalue weighted by molar-refractivity contribution is 0.372. The Labute approximate surface area is 124 Å². The standard InChI is InChI=1S/C15H25N3OS/c1-13(7-12-20(2)19)17-14-5-10-18(11-6-14)15-3-8-16-9-4-15/h3-4,8-9,13-14,17H,5-7,10-12H2,1-2H3. The number of rotatable bonds is 6. The summed E-state index contributed by atoms with van der Waals surface area (Å²) in [5.74, 6) is 0.796. The van der Waals surface area contributed by atoms with Crippen molar-refractivity contribution in [1.82, 2.24) is 10.3 Å². The fourth-order valence-electron chi connectivity index (χ4n) is 2.69. The van der Waals surface area contributed by atoms with Crippen LogP contribution in [-0.4, -0.2) is 46.4 Å². The van der Waals surface area contributed by atoms with Gasteiger partial charge in [0.25, 0.3) is 0 Å². The topological polar surface area (TPSA) is 45.2 Å². The van der Waals surface area contributed by atoms with Crippen LogP contribution in [0, 0.1) is 0 Å². The monoisotopic (exact) mass is 295 g/mol. The van der Waals surface area contributed by atoms with Crippen LogP contribution in [0.3, 0.4) is 0 Å². The van der Waals surface area contributed by atoms with Crippen LogP contribution in [0.1, 0.15) is 26.2 Å². The van der Waals surface area contributed by atoms with Gasteiger partial charge in [0.1, 0.15) is 0 Å². The summed E-state index contributed by atoms with van der Waals surface area (Å²) in [4.78, 5) is 6.49. The lowest BCUT2D eigenvalue weighted by Crippen LogP contribution is -2.45. The molecule has 1 saturated heterocycles. The van der Waals surface area contributed by atoms with Crippen LogP contribution in [0.15, 0.2) is 24.5 Å². The molecule has 0 saturated carbocycles. The van der Waals surface area contributed by atoms with Crippen LogP contribution < -0.4 is 10.2 Å². The number of anilines is 1. The quantitative estimate of drug-likeness (QED) is 0.869. The van der Waals surface area contributed by atoms with Crippen LogP contribution in [0.2, 0.25) is 0 Å². The molecule has 0 bridgehead atoms. The van der Waals surface area contributed by atoms with Crippen molar-refractivity contribution in [2.75, 3.05) is 30.0 Å². The van der Waals surface area contributed by atoms with Crippen molar-refractivity contribution in [2.45, 2.75) is 38.3 Å². The van der Waals surface area contributed by atoms with Gasteiger partial charge in [0.2, 0.25) is 0 Å². The zero-order valence-electron chi connectivity index (χ0n) is 12.4. The van der Waals surface area contributed by atoms with Crippen molar-refractivity contribution in [3.05, 3.63) is 24.5 Å². The molecule has 1 N–H and O–H groups in total. The highest BCUT2D eigenvalue weighted by molar-refractivity contribution is 7.84. The average Bonchev–Trinajstić information content (AvgIpc) is 2.47. The molecule has 5 heteroatoms. The first-order valence-electron chi connectivity index (χ1n) is 7.36. The summed E-state index contributed by atoms with van der Waals surface area (Å²) in [6.07, 6.45) is 8.82. The Bertz CT molecular complexity index is 418. The second kappa shape index (κ2) is 7.74. The van der Waals surface area contributed by atoms with E-state index in [0.29, 0.717) is 12.1 Å². The third kappa shape index (κ3) is 4.87. The van der Waals surface area contributed by atoms with Gasteiger partial charge < -0.3 is 10.2 Å². The van der Waals surface area contributed by atoms with Gasteiger partial charge in [-0.3, -0.25) is 9.19 Å². The molecule has 0 aromatic carbocycles. The summed E-state index contributed by atoms with van der Waals surface area (Å²) >= 11 is 0. The number of pyridine rings is 1. The van der Waals surface area contributed by atoms with E-state index in [-0.39, 0.29) is 0 Å². The molecule has 112 valence electrons. The van der Waals surface area contributed by atoms with Gasteiger partial charge in [0.05, 0.1) is 0 Å². The lowest BCUT2D eigenvalue weighted by Gasteiger charge is -2.35.